The molecule has 0 radical (unpaired) electrons. The summed E-state index contributed by atoms with van der Waals surface area (Å²) in [5, 5.41) is 23.2. The van der Waals surface area contributed by atoms with E-state index in [4.69, 9.17) is 10.8 Å². The number of nitrogens with one attached hydrogen (secondary N) is 2. The number of hydrogen-bond donors (Lipinski definition) is 5. The van der Waals surface area contributed by atoms with Gasteiger partial charge in [-0.2, -0.15) is 0 Å². The molecule has 0 saturated carbocycles. The summed E-state index contributed by atoms with van der Waals surface area (Å²) in [6.45, 7) is 2.23. The van der Waals surface area contributed by atoms with Crippen molar-refractivity contribution in [1.29, 1.82) is 0 Å². The summed E-state index contributed by atoms with van der Waals surface area (Å²) < 4.78 is 0. The molecule has 0 spiro atoms. The lowest BCUT2D eigenvalue weighted by Gasteiger charge is -2.23. The van der Waals surface area contributed by atoms with Crippen molar-refractivity contribution in [2.24, 2.45) is 11.7 Å². The molecule has 0 aliphatic heterocycles. The molecule has 2 rings (SSSR count). The summed E-state index contributed by atoms with van der Waals surface area (Å²) in [6, 6.07) is 8.13. The second kappa shape index (κ2) is 6.85. The Balaban J connectivity index is 2.06. The van der Waals surface area contributed by atoms with Crippen molar-refractivity contribution in [3.63, 3.8) is 0 Å². The zero-order chi connectivity index (χ0) is 14.5. The van der Waals surface area contributed by atoms with Crippen LogP contribution in [0.25, 0.3) is 10.9 Å². The van der Waals surface area contributed by atoms with Crippen LogP contribution in [0.1, 0.15) is 18.9 Å². The van der Waals surface area contributed by atoms with Gasteiger partial charge in [-0.15, -0.1) is 0 Å². The first-order valence-electron chi connectivity index (χ1n) is 7.02. The zero-order valence-electron chi connectivity index (χ0n) is 11.7. The Kier molecular flexibility index (Phi) is 5.14. The van der Waals surface area contributed by atoms with Crippen molar-refractivity contribution < 1.29 is 10.2 Å². The third-order valence-corrected chi connectivity index (χ3v) is 3.66. The molecule has 20 heavy (non-hydrogen) atoms. The molecule has 5 nitrogen and oxygen atoms in total. The minimum Gasteiger partial charge on any atom is -0.378 e. The third kappa shape index (κ3) is 3.58. The van der Waals surface area contributed by atoms with E-state index in [1.54, 1.807) is 0 Å². The Morgan fingerprint density at radius 1 is 1.30 bits per heavy atom. The minimum absolute atomic E-state index is 0.0768. The van der Waals surface area contributed by atoms with Gasteiger partial charge in [0.15, 0.2) is 0 Å². The highest BCUT2D eigenvalue weighted by atomic mass is 16.3. The van der Waals surface area contributed by atoms with Crippen LogP contribution in [-0.4, -0.2) is 34.2 Å². The number of rotatable bonds is 7. The molecule has 1 heterocycles. The maximum atomic E-state index is 10.1. The van der Waals surface area contributed by atoms with E-state index in [0.717, 1.165) is 18.4 Å². The van der Waals surface area contributed by atoms with Gasteiger partial charge in [0.05, 0.1) is 0 Å². The molecule has 3 unspecified atom stereocenters. The number of H-pyrrole nitrogens is 1. The summed E-state index contributed by atoms with van der Waals surface area (Å²) in [7, 11) is 0. The fourth-order valence-corrected chi connectivity index (χ4v) is 2.47. The average molecular weight is 277 g/mol. The molecular weight excluding hydrogens is 254 g/mol. The fourth-order valence-electron chi connectivity index (χ4n) is 2.47. The Morgan fingerprint density at radius 2 is 2.05 bits per heavy atom. The molecule has 0 saturated heterocycles. The summed E-state index contributed by atoms with van der Waals surface area (Å²) in [5.74, 6) is 0.0768. The molecule has 1 aromatic heterocycles. The van der Waals surface area contributed by atoms with Crippen LogP contribution in [0.15, 0.2) is 30.5 Å². The Bertz CT molecular complexity index is 539. The van der Waals surface area contributed by atoms with Gasteiger partial charge >= 0.3 is 0 Å². The van der Waals surface area contributed by atoms with Crippen molar-refractivity contribution in [2.45, 2.75) is 32.2 Å². The highest BCUT2D eigenvalue weighted by Crippen LogP contribution is 2.23. The number of hydrogen-bond acceptors (Lipinski definition) is 4. The van der Waals surface area contributed by atoms with Gasteiger partial charge in [0.2, 0.25) is 0 Å². The van der Waals surface area contributed by atoms with E-state index in [1.807, 2.05) is 31.3 Å². The first-order valence-corrected chi connectivity index (χ1v) is 7.02. The SMILES string of the molecule is CCC(Cc1c[nH]c2ccccc12)C(O)NCC(N)O. The van der Waals surface area contributed by atoms with Gasteiger partial charge < -0.3 is 20.9 Å². The smallest absolute Gasteiger partial charge is 0.115 e. The van der Waals surface area contributed by atoms with E-state index >= 15 is 0 Å². The maximum absolute atomic E-state index is 10.1. The van der Waals surface area contributed by atoms with E-state index in [2.05, 4.69) is 16.4 Å². The van der Waals surface area contributed by atoms with Crippen molar-refractivity contribution >= 4 is 10.9 Å². The van der Waals surface area contributed by atoms with Crippen LogP contribution in [0.5, 0.6) is 0 Å². The molecule has 1 aromatic carbocycles. The molecule has 0 bridgehead atoms. The number of para-hydroxylation sites is 1. The molecule has 5 heteroatoms. The number of aromatic nitrogens is 1. The molecule has 0 amide bonds. The van der Waals surface area contributed by atoms with Gasteiger partial charge in [-0.3, -0.25) is 5.32 Å². The van der Waals surface area contributed by atoms with Crippen LogP contribution in [0, 0.1) is 5.92 Å². The van der Waals surface area contributed by atoms with Crippen LogP contribution >= 0.6 is 0 Å². The Hall–Kier alpha value is -1.40. The van der Waals surface area contributed by atoms with Crippen molar-refractivity contribution in [3.8, 4) is 0 Å². The highest BCUT2D eigenvalue weighted by Gasteiger charge is 2.19. The molecule has 0 aliphatic rings. The van der Waals surface area contributed by atoms with Gasteiger partial charge in [0.1, 0.15) is 12.5 Å². The topological polar surface area (TPSA) is 94.3 Å². The first kappa shape index (κ1) is 15.0. The van der Waals surface area contributed by atoms with E-state index < -0.39 is 12.5 Å². The molecule has 3 atom stereocenters. The number of fused-ring (bicyclic) bond motifs is 1. The standard InChI is InChI=1S/C15H23N3O2/c1-2-10(15(20)18-9-14(16)19)7-11-8-17-13-6-4-3-5-12(11)13/h3-6,8,10,14-15,17-20H,2,7,9,16H2,1H3. The molecule has 0 aliphatic carbocycles. The van der Waals surface area contributed by atoms with Gasteiger partial charge in [-0.1, -0.05) is 25.1 Å². The van der Waals surface area contributed by atoms with Crippen LogP contribution in [0.2, 0.25) is 0 Å². The normalized spacial score (nSPS) is 16.2. The molecule has 110 valence electrons. The second-order valence-corrected chi connectivity index (χ2v) is 5.15. The molecule has 6 N–H and O–H groups in total. The van der Waals surface area contributed by atoms with E-state index in [-0.39, 0.29) is 12.5 Å². The van der Waals surface area contributed by atoms with Crippen molar-refractivity contribution in [3.05, 3.63) is 36.0 Å². The molecule has 0 fully saturated rings. The Morgan fingerprint density at radius 3 is 2.75 bits per heavy atom. The third-order valence-electron chi connectivity index (χ3n) is 3.66. The molecular formula is C15H23N3O2. The zero-order valence-corrected chi connectivity index (χ0v) is 11.7. The van der Waals surface area contributed by atoms with Crippen LogP contribution in [0.4, 0.5) is 0 Å². The lowest BCUT2D eigenvalue weighted by molar-refractivity contribution is 0.0558. The largest absolute Gasteiger partial charge is 0.378 e. The molecule has 2 aromatic rings. The lowest BCUT2D eigenvalue weighted by atomic mass is 9.95. The van der Waals surface area contributed by atoms with Crippen molar-refractivity contribution in [2.75, 3.05) is 6.54 Å². The highest BCUT2D eigenvalue weighted by molar-refractivity contribution is 5.83. The van der Waals surface area contributed by atoms with Crippen LogP contribution in [-0.2, 0) is 6.42 Å². The monoisotopic (exact) mass is 277 g/mol. The summed E-state index contributed by atoms with van der Waals surface area (Å²) in [5.41, 5.74) is 7.57. The van der Waals surface area contributed by atoms with Crippen LogP contribution < -0.4 is 11.1 Å². The predicted molar refractivity (Wildman–Crippen MR) is 80.0 cm³/mol. The van der Waals surface area contributed by atoms with Gasteiger partial charge in [-0.05, 0) is 24.5 Å². The van der Waals surface area contributed by atoms with E-state index in [0.29, 0.717) is 0 Å². The quantitative estimate of drug-likeness (QED) is 0.486. The maximum Gasteiger partial charge on any atom is 0.115 e. The lowest BCUT2D eigenvalue weighted by Crippen LogP contribution is -2.43. The summed E-state index contributed by atoms with van der Waals surface area (Å²) in [4.78, 5) is 3.24. The summed E-state index contributed by atoms with van der Waals surface area (Å²) >= 11 is 0. The van der Waals surface area contributed by atoms with Crippen molar-refractivity contribution in [1.82, 2.24) is 10.3 Å². The number of benzene rings is 1. The average Bonchev–Trinajstić information content (AvgIpc) is 2.85. The van der Waals surface area contributed by atoms with Gasteiger partial charge in [0, 0.05) is 29.6 Å². The van der Waals surface area contributed by atoms with E-state index in [1.165, 1.54) is 10.9 Å². The number of aliphatic hydroxyl groups is 2. The minimum atomic E-state index is -0.949. The fraction of sp³-hybridized carbons (Fsp3) is 0.467. The first-order chi connectivity index (χ1) is 9.61. The van der Waals surface area contributed by atoms with Crippen LogP contribution in [0.3, 0.4) is 0 Å². The second-order valence-electron chi connectivity index (χ2n) is 5.15. The van der Waals surface area contributed by atoms with E-state index in [9.17, 15) is 5.11 Å². The van der Waals surface area contributed by atoms with Gasteiger partial charge in [0.25, 0.3) is 0 Å². The summed E-state index contributed by atoms with van der Waals surface area (Å²) in [6.07, 6.45) is 1.99. The number of aliphatic hydroxyl groups excluding tert-OH is 2. The number of aromatic amines is 1. The van der Waals surface area contributed by atoms with Gasteiger partial charge in [-0.25, -0.2) is 0 Å². The Labute approximate surface area is 118 Å². The predicted octanol–water partition coefficient (Wildman–Crippen LogP) is 0.922. The number of nitrogens with two attached hydrogens (primary N) is 1.